The molecule has 1 aromatic rings. The van der Waals surface area contributed by atoms with Gasteiger partial charge in [-0.05, 0) is 30.7 Å². The molecule has 0 spiro atoms. The molecular formula is C11H15NO4S. The van der Waals surface area contributed by atoms with Crippen LogP contribution in [-0.4, -0.2) is 27.2 Å². The van der Waals surface area contributed by atoms with Crippen molar-refractivity contribution in [1.82, 2.24) is 0 Å². The van der Waals surface area contributed by atoms with E-state index in [9.17, 15) is 13.2 Å². The van der Waals surface area contributed by atoms with Crippen LogP contribution in [0.15, 0.2) is 29.2 Å². The molecule has 5 nitrogen and oxygen atoms in total. The van der Waals surface area contributed by atoms with E-state index in [4.69, 9.17) is 10.5 Å². The number of sulfone groups is 1. The van der Waals surface area contributed by atoms with Crippen LogP contribution in [0.25, 0.3) is 0 Å². The first-order valence-electron chi connectivity index (χ1n) is 5.11. The molecule has 94 valence electrons. The average Bonchev–Trinajstić information content (AvgIpc) is 2.28. The lowest BCUT2D eigenvalue weighted by atomic mass is 10.3. The van der Waals surface area contributed by atoms with E-state index < -0.39 is 15.7 Å². The molecule has 0 saturated heterocycles. The predicted molar refractivity (Wildman–Crippen MR) is 63.5 cm³/mol. The second-order valence-corrected chi connectivity index (χ2v) is 5.67. The van der Waals surface area contributed by atoms with Crippen molar-refractivity contribution in [3.63, 3.8) is 0 Å². The minimum atomic E-state index is -3.34. The highest BCUT2D eigenvalue weighted by atomic mass is 32.2. The molecule has 0 bridgehead atoms. The molecule has 1 amide bonds. The highest BCUT2D eigenvalue weighted by molar-refractivity contribution is 7.91. The normalized spacial score (nSPS) is 11.1. The van der Waals surface area contributed by atoms with Gasteiger partial charge in [0.1, 0.15) is 5.75 Å². The summed E-state index contributed by atoms with van der Waals surface area (Å²) in [5.41, 5.74) is 4.95. The summed E-state index contributed by atoms with van der Waals surface area (Å²) in [6.45, 7) is 0. The van der Waals surface area contributed by atoms with Crippen molar-refractivity contribution in [2.45, 2.75) is 17.7 Å². The topological polar surface area (TPSA) is 86.5 Å². The second-order valence-electron chi connectivity index (χ2n) is 3.56. The van der Waals surface area contributed by atoms with E-state index in [0.717, 1.165) is 0 Å². The van der Waals surface area contributed by atoms with Gasteiger partial charge in [-0.2, -0.15) is 0 Å². The van der Waals surface area contributed by atoms with Crippen LogP contribution in [0.3, 0.4) is 0 Å². The molecular weight excluding hydrogens is 242 g/mol. The van der Waals surface area contributed by atoms with E-state index in [2.05, 4.69) is 0 Å². The number of benzene rings is 1. The van der Waals surface area contributed by atoms with Crippen LogP contribution < -0.4 is 10.5 Å². The number of amides is 1. The Morgan fingerprint density at radius 1 is 1.29 bits per heavy atom. The third kappa shape index (κ3) is 4.07. The van der Waals surface area contributed by atoms with Crippen LogP contribution in [0, 0.1) is 0 Å². The molecule has 0 aliphatic rings. The SMILES string of the molecule is COc1ccc(S(=O)(=O)CCCC(N)=O)cc1. The zero-order valence-corrected chi connectivity index (χ0v) is 10.4. The van der Waals surface area contributed by atoms with Gasteiger partial charge in [0, 0.05) is 6.42 Å². The first-order valence-corrected chi connectivity index (χ1v) is 6.76. The molecule has 2 N–H and O–H groups in total. The summed E-state index contributed by atoms with van der Waals surface area (Å²) in [4.78, 5) is 10.7. The van der Waals surface area contributed by atoms with Crippen molar-refractivity contribution in [3.05, 3.63) is 24.3 Å². The van der Waals surface area contributed by atoms with Crippen molar-refractivity contribution < 1.29 is 17.9 Å². The lowest BCUT2D eigenvalue weighted by Crippen LogP contribution is -2.13. The number of nitrogens with two attached hydrogens (primary N) is 1. The number of primary amides is 1. The zero-order valence-electron chi connectivity index (χ0n) is 9.55. The number of carbonyl (C=O) groups excluding carboxylic acids is 1. The lowest BCUT2D eigenvalue weighted by Gasteiger charge is -2.04. The summed E-state index contributed by atoms with van der Waals surface area (Å²) in [7, 11) is -1.83. The molecule has 0 fully saturated rings. The lowest BCUT2D eigenvalue weighted by molar-refractivity contribution is -0.118. The Labute approximate surface area is 100 Å². The minimum Gasteiger partial charge on any atom is -0.497 e. The molecule has 0 unspecified atom stereocenters. The third-order valence-electron chi connectivity index (χ3n) is 2.25. The fourth-order valence-electron chi connectivity index (χ4n) is 1.34. The summed E-state index contributed by atoms with van der Waals surface area (Å²) in [5.74, 6) is 0.0263. The molecule has 0 aliphatic heterocycles. The van der Waals surface area contributed by atoms with Gasteiger partial charge in [-0.15, -0.1) is 0 Å². The minimum absolute atomic E-state index is 0.0788. The highest BCUT2D eigenvalue weighted by Gasteiger charge is 2.14. The molecule has 17 heavy (non-hydrogen) atoms. The summed E-state index contributed by atoms with van der Waals surface area (Å²) < 4.78 is 28.6. The maximum Gasteiger partial charge on any atom is 0.217 e. The number of hydrogen-bond acceptors (Lipinski definition) is 4. The maximum atomic E-state index is 11.8. The van der Waals surface area contributed by atoms with Gasteiger partial charge in [0.05, 0.1) is 17.8 Å². The fourth-order valence-corrected chi connectivity index (χ4v) is 2.65. The number of ether oxygens (including phenoxy) is 1. The Bertz CT molecular complexity index is 479. The van der Waals surface area contributed by atoms with Crippen LogP contribution in [0.2, 0.25) is 0 Å². The number of methoxy groups -OCH3 is 1. The Hall–Kier alpha value is -1.56. The van der Waals surface area contributed by atoms with Gasteiger partial charge in [-0.1, -0.05) is 0 Å². The molecule has 0 aliphatic carbocycles. The first kappa shape index (κ1) is 13.5. The van der Waals surface area contributed by atoms with Crippen LogP contribution in [0.4, 0.5) is 0 Å². The number of rotatable bonds is 6. The largest absolute Gasteiger partial charge is 0.497 e. The predicted octanol–water partition coefficient (Wildman–Crippen LogP) is 0.734. The summed E-state index contributed by atoms with van der Waals surface area (Å²) in [6, 6.07) is 6.14. The molecule has 0 heterocycles. The van der Waals surface area contributed by atoms with Gasteiger partial charge in [-0.3, -0.25) is 4.79 Å². The van der Waals surface area contributed by atoms with Gasteiger partial charge in [0.25, 0.3) is 0 Å². The van der Waals surface area contributed by atoms with E-state index in [1.54, 1.807) is 12.1 Å². The third-order valence-corrected chi connectivity index (χ3v) is 4.07. The molecule has 0 radical (unpaired) electrons. The van der Waals surface area contributed by atoms with Crippen LogP contribution in [0.5, 0.6) is 5.75 Å². The van der Waals surface area contributed by atoms with E-state index in [-0.39, 0.29) is 23.5 Å². The van der Waals surface area contributed by atoms with Crippen molar-refractivity contribution in [3.8, 4) is 5.75 Å². The van der Waals surface area contributed by atoms with E-state index in [1.165, 1.54) is 19.2 Å². The monoisotopic (exact) mass is 257 g/mol. The second kappa shape index (κ2) is 5.67. The number of hydrogen-bond donors (Lipinski definition) is 1. The zero-order chi connectivity index (χ0) is 12.9. The Kier molecular flexibility index (Phi) is 4.51. The quantitative estimate of drug-likeness (QED) is 0.814. The summed E-state index contributed by atoms with van der Waals surface area (Å²) in [6.07, 6.45) is 0.319. The molecule has 0 atom stereocenters. The van der Waals surface area contributed by atoms with Gasteiger partial charge in [-0.25, -0.2) is 8.42 Å². The Morgan fingerprint density at radius 2 is 1.88 bits per heavy atom. The van der Waals surface area contributed by atoms with Crippen LogP contribution >= 0.6 is 0 Å². The van der Waals surface area contributed by atoms with Crippen molar-refractivity contribution in [2.75, 3.05) is 12.9 Å². The molecule has 1 aromatic carbocycles. The smallest absolute Gasteiger partial charge is 0.217 e. The van der Waals surface area contributed by atoms with Crippen molar-refractivity contribution >= 4 is 15.7 Å². The summed E-state index contributed by atoms with van der Waals surface area (Å²) >= 11 is 0. The molecule has 0 saturated carbocycles. The fraction of sp³-hybridized carbons (Fsp3) is 0.364. The molecule has 1 rings (SSSR count). The van der Waals surface area contributed by atoms with Crippen LogP contribution in [-0.2, 0) is 14.6 Å². The highest BCUT2D eigenvalue weighted by Crippen LogP contribution is 2.17. The number of carbonyl (C=O) groups is 1. The van der Waals surface area contributed by atoms with Gasteiger partial charge in [0.2, 0.25) is 5.91 Å². The summed E-state index contributed by atoms with van der Waals surface area (Å²) in [5, 5.41) is 0. The average molecular weight is 257 g/mol. The first-order chi connectivity index (χ1) is 7.95. The maximum absolute atomic E-state index is 11.8. The van der Waals surface area contributed by atoms with Crippen molar-refractivity contribution in [2.24, 2.45) is 5.73 Å². The van der Waals surface area contributed by atoms with E-state index >= 15 is 0 Å². The van der Waals surface area contributed by atoms with E-state index in [1.807, 2.05) is 0 Å². The molecule has 6 heteroatoms. The standard InChI is InChI=1S/C11H15NO4S/c1-16-9-4-6-10(7-5-9)17(14,15)8-2-3-11(12)13/h4-7H,2-3,8H2,1H3,(H2,12,13). The Balaban J connectivity index is 2.72. The van der Waals surface area contributed by atoms with Gasteiger partial charge >= 0.3 is 0 Å². The van der Waals surface area contributed by atoms with Gasteiger partial charge in [0.15, 0.2) is 9.84 Å². The van der Waals surface area contributed by atoms with Gasteiger partial charge < -0.3 is 10.5 Å². The van der Waals surface area contributed by atoms with Crippen LogP contribution in [0.1, 0.15) is 12.8 Å². The van der Waals surface area contributed by atoms with E-state index in [0.29, 0.717) is 5.75 Å². The molecule has 0 aromatic heterocycles. The Morgan fingerprint density at radius 3 is 2.35 bits per heavy atom. The van der Waals surface area contributed by atoms with Crippen molar-refractivity contribution in [1.29, 1.82) is 0 Å².